The Morgan fingerprint density at radius 1 is 0.553 bits per heavy atom. The van der Waals surface area contributed by atoms with E-state index in [0.29, 0.717) is 0 Å². The number of hydrogen-bond donors (Lipinski definition) is 0. The number of anilines is 3. The number of thiophene rings is 1. The van der Waals surface area contributed by atoms with Crippen LogP contribution < -0.4 is 20.6 Å². The van der Waals surface area contributed by atoms with Crippen molar-refractivity contribution in [2.24, 2.45) is 0 Å². The average Bonchev–Trinajstić information content (AvgIpc) is 3.38. The van der Waals surface area contributed by atoms with Gasteiger partial charge in [0.15, 0.2) is 0 Å². The van der Waals surface area contributed by atoms with Gasteiger partial charge in [-0.1, -0.05) is 115 Å². The first-order valence-corrected chi connectivity index (χ1v) is 14.5. The minimum Gasteiger partial charge on any atom is -0.311 e. The molecule has 0 atom stereocenters. The molecule has 0 aliphatic carbocycles. The highest BCUT2D eigenvalue weighted by atomic mass is 32.2. The third kappa shape index (κ3) is 3.27. The fourth-order valence-electron chi connectivity index (χ4n) is 5.95. The molecule has 0 bridgehead atoms. The number of para-hydroxylation sites is 2. The number of nitrogens with zero attached hydrogens (tertiary/aromatic N) is 1. The van der Waals surface area contributed by atoms with Crippen LogP contribution in [0.5, 0.6) is 0 Å². The average molecular weight is 520 g/mol. The largest absolute Gasteiger partial charge is 0.311 e. The van der Waals surface area contributed by atoms with Crippen molar-refractivity contribution >= 4 is 62.6 Å². The van der Waals surface area contributed by atoms with E-state index in [4.69, 9.17) is 0 Å². The van der Waals surface area contributed by atoms with Crippen LogP contribution in [0.25, 0.3) is 21.6 Å². The number of fused-ring (bicyclic) bond motifs is 4. The van der Waals surface area contributed by atoms with Gasteiger partial charge in [-0.2, -0.15) is 0 Å². The maximum atomic E-state index is 2.44. The van der Waals surface area contributed by atoms with Gasteiger partial charge in [0, 0.05) is 37.3 Å². The van der Waals surface area contributed by atoms with E-state index in [2.05, 4.69) is 138 Å². The molecule has 2 aliphatic heterocycles. The lowest BCUT2D eigenvalue weighted by Crippen LogP contribution is -2.58. The molecule has 2 aliphatic rings. The smallest absolute Gasteiger partial charge is 0.262 e. The maximum absolute atomic E-state index is 2.44. The van der Waals surface area contributed by atoms with Gasteiger partial charge in [0.25, 0.3) is 6.71 Å². The molecule has 0 spiro atoms. The second kappa shape index (κ2) is 8.80. The summed E-state index contributed by atoms with van der Waals surface area (Å²) >= 11 is 3.91. The highest BCUT2D eigenvalue weighted by molar-refractivity contribution is 8.00. The maximum Gasteiger partial charge on any atom is 0.262 e. The zero-order valence-electron chi connectivity index (χ0n) is 20.5. The molecule has 8 rings (SSSR count). The van der Waals surface area contributed by atoms with Crippen LogP contribution >= 0.6 is 23.1 Å². The molecule has 4 heteroatoms. The molecule has 3 heterocycles. The standard InChI is InChI=1S/C34H22BNS2/c1-4-13-23(14-5-1)30-32(24-15-6-2-7-16-24)38-34-33(30)37-29-22-12-21-28-31(29)35(34)26-19-10-11-20-27(26)36(28)25-17-8-3-9-18-25/h1-22H. The Kier molecular flexibility index (Phi) is 5.10. The van der Waals surface area contributed by atoms with Gasteiger partial charge in [-0.3, -0.25) is 0 Å². The van der Waals surface area contributed by atoms with E-state index in [1.165, 1.54) is 64.1 Å². The van der Waals surface area contributed by atoms with Crippen LogP contribution in [0, 0.1) is 0 Å². The fourth-order valence-corrected chi connectivity index (χ4v) is 8.86. The lowest BCUT2D eigenvalue weighted by molar-refractivity contribution is 1.27. The molecule has 38 heavy (non-hydrogen) atoms. The number of hydrogen-bond acceptors (Lipinski definition) is 3. The Labute approximate surface area is 231 Å². The first-order valence-electron chi connectivity index (χ1n) is 12.9. The van der Waals surface area contributed by atoms with Gasteiger partial charge in [0.1, 0.15) is 0 Å². The van der Waals surface area contributed by atoms with E-state index in [-0.39, 0.29) is 6.71 Å². The fraction of sp³-hybridized carbons (Fsp3) is 0. The highest BCUT2D eigenvalue weighted by Crippen LogP contribution is 2.49. The van der Waals surface area contributed by atoms with Crippen molar-refractivity contribution in [2.45, 2.75) is 9.79 Å². The Bertz CT molecular complexity index is 1800. The Morgan fingerprint density at radius 3 is 1.95 bits per heavy atom. The minimum absolute atomic E-state index is 0.207. The number of benzene rings is 5. The van der Waals surface area contributed by atoms with Gasteiger partial charge >= 0.3 is 0 Å². The molecule has 5 aromatic carbocycles. The molecule has 0 saturated carbocycles. The third-order valence-electron chi connectivity index (χ3n) is 7.54. The summed E-state index contributed by atoms with van der Waals surface area (Å²) in [4.78, 5) is 6.55. The third-order valence-corrected chi connectivity index (χ3v) is 10.2. The summed E-state index contributed by atoms with van der Waals surface area (Å²) in [6.07, 6.45) is 0. The number of rotatable bonds is 3. The van der Waals surface area contributed by atoms with Crippen LogP contribution in [0.1, 0.15) is 0 Å². The normalized spacial score (nSPS) is 13.1. The van der Waals surface area contributed by atoms with Crippen LogP contribution in [0.3, 0.4) is 0 Å². The van der Waals surface area contributed by atoms with Crippen molar-refractivity contribution in [2.75, 3.05) is 4.90 Å². The molecule has 0 N–H and O–H groups in total. The van der Waals surface area contributed by atoms with Gasteiger partial charge in [0.2, 0.25) is 0 Å². The summed E-state index contributed by atoms with van der Waals surface area (Å²) in [5.74, 6) is 0. The minimum atomic E-state index is 0.207. The molecule has 1 aromatic heterocycles. The first kappa shape index (κ1) is 22.0. The predicted octanol–water partition coefficient (Wildman–Crippen LogP) is 7.85. The monoisotopic (exact) mass is 519 g/mol. The van der Waals surface area contributed by atoms with E-state index >= 15 is 0 Å². The first-order chi connectivity index (χ1) is 18.9. The van der Waals surface area contributed by atoms with E-state index < -0.39 is 0 Å². The molecular formula is C34H22BNS2. The van der Waals surface area contributed by atoms with Crippen molar-refractivity contribution in [3.05, 3.63) is 133 Å². The Morgan fingerprint density at radius 2 is 1.18 bits per heavy atom. The van der Waals surface area contributed by atoms with Gasteiger partial charge < -0.3 is 4.90 Å². The summed E-state index contributed by atoms with van der Waals surface area (Å²) in [5, 5.41) is 0. The molecular weight excluding hydrogens is 497 g/mol. The molecule has 0 radical (unpaired) electrons. The van der Waals surface area contributed by atoms with Crippen molar-refractivity contribution in [1.29, 1.82) is 0 Å². The van der Waals surface area contributed by atoms with Crippen LogP contribution in [-0.4, -0.2) is 6.71 Å². The molecule has 6 aromatic rings. The lowest BCUT2D eigenvalue weighted by atomic mass is 9.37. The molecule has 0 fully saturated rings. The summed E-state index contributed by atoms with van der Waals surface area (Å²) in [7, 11) is 0. The van der Waals surface area contributed by atoms with Crippen LogP contribution in [0.2, 0.25) is 0 Å². The molecule has 1 nitrogen and oxygen atoms in total. The molecule has 0 saturated heterocycles. The van der Waals surface area contributed by atoms with Crippen molar-refractivity contribution in [3.8, 4) is 21.6 Å². The molecule has 0 unspecified atom stereocenters. The summed E-state index contributed by atoms with van der Waals surface area (Å²) in [5.41, 5.74) is 10.5. The van der Waals surface area contributed by atoms with Gasteiger partial charge in [-0.05, 0) is 57.2 Å². The molecule has 0 amide bonds. The summed E-state index contributed by atoms with van der Waals surface area (Å²) in [6, 6.07) is 48.4. The summed E-state index contributed by atoms with van der Waals surface area (Å²) in [6.45, 7) is 0.207. The van der Waals surface area contributed by atoms with Gasteiger partial charge in [0.05, 0.1) is 0 Å². The van der Waals surface area contributed by atoms with Crippen LogP contribution in [0.4, 0.5) is 17.1 Å². The zero-order chi connectivity index (χ0) is 25.1. The van der Waals surface area contributed by atoms with Gasteiger partial charge in [-0.15, -0.1) is 11.3 Å². The van der Waals surface area contributed by atoms with Crippen molar-refractivity contribution in [1.82, 2.24) is 0 Å². The Hall–Kier alpha value is -3.99. The Balaban J connectivity index is 1.43. The highest BCUT2D eigenvalue weighted by Gasteiger charge is 2.43. The van der Waals surface area contributed by atoms with Crippen molar-refractivity contribution in [3.63, 3.8) is 0 Å². The topological polar surface area (TPSA) is 3.24 Å². The van der Waals surface area contributed by atoms with E-state index in [9.17, 15) is 0 Å². The van der Waals surface area contributed by atoms with E-state index in [0.717, 1.165) is 0 Å². The van der Waals surface area contributed by atoms with Gasteiger partial charge in [-0.25, -0.2) is 0 Å². The predicted molar refractivity (Wildman–Crippen MR) is 165 cm³/mol. The SMILES string of the molecule is c1ccc(-c2sc3c(c2-c2ccccc2)Sc2cccc4c2B3c2ccccc2N4c2ccccc2)cc1. The van der Waals surface area contributed by atoms with E-state index in [1.807, 2.05) is 23.1 Å². The van der Waals surface area contributed by atoms with Crippen molar-refractivity contribution < 1.29 is 0 Å². The zero-order valence-corrected chi connectivity index (χ0v) is 22.2. The second-order valence-corrected chi connectivity index (χ2v) is 11.8. The second-order valence-electron chi connectivity index (χ2n) is 9.69. The van der Waals surface area contributed by atoms with Crippen LogP contribution in [0.15, 0.2) is 143 Å². The van der Waals surface area contributed by atoms with Crippen LogP contribution in [-0.2, 0) is 0 Å². The summed E-state index contributed by atoms with van der Waals surface area (Å²) < 4.78 is 1.45. The van der Waals surface area contributed by atoms with E-state index in [1.54, 1.807) is 0 Å². The molecule has 178 valence electrons. The quantitative estimate of drug-likeness (QED) is 0.219. The lowest BCUT2D eigenvalue weighted by Gasteiger charge is -2.39.